The van der Waals surface area contributed by atoms with Crippen LogP contribution in [0, 0.1) is 5.82 Å². The largest absolute Gasteiger partial charge is 0.497 e. The van der Waals surface area contributed by atoms with Gasteiger partial charge in [-0.2, -0.15) is 0 Å². The molecular formula is C21H29FIN3O2. The molecular weight excluding hydrogens is 472 g/mol. The van der Waals surface area contributed by atoms with Gasteiger partial charge < -0.3 is 20.1 Å². The molecule has 0 atom stereocenters. The predicted octanol–water partition coefficient (Wildman–Crippen LogP) is 3.77. The number of benzene rings is 2. The number of rotatable bonds is 10. The van der Waals surface area contributed by atoms with Crippen LogP contribution in [0.4, 0.5) is 4.39 Å². The third kappa shape index (κ3) is 8.88. The molecule has 0 amide bonds. The molecule has 0 fully saturated rings. The quantitative estimate of drug-likeness (QED) is 0.225. The Morgan fingerprint density at radius 2 is 1.75 bits per heavy atom. The van der Waals surface area contributed by atoms with E-state index in [2.05, 4.69) is 15.6 Å². The Morgan fingerprint density at radius 1 is 1.04 bits per heavy atom. The second-order valence-electron chi connectivity index (χ2n) is 6.02. The maximum absolute atomic E-state index is 13.6. The van der Waals surface area contributed by atoms with Gasteiger partial charge in [0.2, 0.25) is 0 Å². The number of hydrogen-bond donors (Lipinski definition) is 2. The van der Waals surface area contributed by atoms with Gasteiger partial charge in [0.1, 0.15) is 11.6 Å². The summed E-state index contributed by atoms with van der Waals surface area (Å²) in [7, 11) is 3.37. The standard InChI is InChI=1S/C21H28FN3O2.HI/c1-23-21(25-14-12-18-6-3-4-7-20(18)22)24-13-5-15-27-16-17-8-10-19(26-2)11-9-17;/h3-4,6-11H,5,12-16H2,1-2H3,(H2,23,24,25);1H. The van der Waals surface area contributed by atoms with E-state index in [-0.39, 0.29) is 29.8 Å². The summed E-state index contributed by atoms with van der Waals surface area (Å²) in [4.78, 5) is 4.17. The van der Waals surface area contributed by atoms with Gasteiger partial charge in [-0.25, -0.2) is 4.39 Å². The summed E-state index contributed by atoms with van der Waals surface area (Å²) in [5.74, 6) is 1.38. The van der Waals surface area contributed by atoms with Crippen LogP contribution in [0.15, 0.2) is 53.5 Å². The molecule has 0 aliphatic rings. The first-order valence-electron chi connectivity index (χ1n) is 9.11. The Balaban J connectivity index is 0.00000392. The summed E-state index contributed by atoms with van der Waals surface area (Å²) in [6, 6.07) is 14.7. The topological polar surface area (TPSA) is 54.9 Å². The Hall–Kier alpha value is -1.87. The minimum absolute atomic E-state index is 0. The number of ether oxygens (including phenoxy) is 2. The molecule has 2 aromatic rings. The predicted molar refractivity (Wildman–Crippen MR) is 122 cm³/mol. The molecule has 2 aromatic carbocycles. The Morgan fingerprint density at radius 3 is 2.43 bits per heavy atom. The average molecular weight is 501 g/mol. The maximum atomic E-state index is 13.6. The van der Waals surface area contributed by atoms with Crippen LogP contribution < -0.4 is 15.4 Å². The number of nitrogens with zero attached hydrogens (tertiary/aromatic N) is 1. The van der Waals surface area contributed by atoms with Crippen LogP contribution in [0.1, 0.15) is 17.5 Å². The van der Waals surface area contributed by atoms with Crippen molar-refractivity contribution >= 4 is 29.9 Å². The van der Waals surface area contributed by atoms with Crippen molar-refractivity contribution in [3.63, 3.8) is 0 Å². The monoisotopic (exact) mass is 501 g/mol. The maximum Gasteiger partial charge on any atom is 0.190 e. The van der Waals surface area contributed by atoms with Crippen molar-refractivity contribution in [2.75, 3.05) is 33.9 Å². The molecule has 2 N–H and O–H groups in total. The minimum Gasteiger partial charge on any atom is -0.497 e. The zero-order valence-electron chi connectivity index (χ0n) is 16.4. The lowest BCUT2D eigenvalue weighted by molar-refractivity contribution is 0.119. The number of nitrogens with one attached hydrogen (secondary N) is 2. The van der Waals surface area contributed by atoms with E-state index >= 15 is 0 Å². The molecule has 0 bridgehead atoms. The molecule has 28 heavy (non-hydrogen) atoms. The van der Waals surface area contributed by atoms with Crippen LogP contribution in [0.5, 0.6) is 5.75 Å². The van der Waals surface area contributed by atoms with E-state index in [0.717, 1.165) is 24.3 Å². The first-order chi connectivity index (χ1) is 13.2. The molecule has 154 valence electrons. The van der Waals surface area contributed by atoms with Gasteiger partial charge in [0, 0.05) is 26.7 Å². The van der Waals surface area contributed by atoms with Gasteiger partial charge in [-0.3, -0.25) is 4.99 Å². The molecule has 0 aliphatic heterocycles. The molecule has 0 spiro atoms. The number of halogens is 2. The second kappa shape index (κ2) is 14.2. The van der Waals surface area contributed by atoms with Gasteiger partial charge >= 0.3 is 0 Å². The second-order valence-corrected chi connectivity index (χ2v) is 6.02. The summed E-state index contributed by atoms with van der Waals surface area (Å²) >= 11 is 0. The van der Waals surface area contributed by atoms with E-state index in [4.69, 9.17) is 9.47 Å². The van der Waals surface area contributed by atoms with E-state index < -0.39 is 0 Å². The molecule has 0 saturated carbocycles. The Labute approximate surface area is 183 Å². The SMILES string of the molecule is CN=C(NCCCOCc1ccc(OC)cc1)NCCc1ccccc1F.I. The molecule has 7 heteroatoms. The van der Waals surface area contributed by atoms with E-state index in [1.807, 2.05) is 30.3 Å². The van der Waals surface area contributed by atoms with Gasteiger partial charge in [-0.15, -0.1) is 24.0 Å². The van der Waals surface area contributed by atoms with Crippen molar-refractivity contribution in [1.82, 2.24) is 10.6 Å². The Kier molecular flexibility index (Phi) is 12.2. The first kappa shape index (κ1) is 24.2. The molecule has 0 aromatic heterocycles. The molecule has 2 rings (SSSR count). The zero-order chi connectivity index (χ0) is 19.3. The lowest BCUT2D eigenvalue weighted by Gasteiger charge is -2.12. The van der Waals surface area contributed by atoms with E-state index in [1.165, 1.54) is 6.07 Å². The number of guanidine groups is 1. The van der Waals surface area contributed by atoms with Gasteiger partial charge in [-0.1, -0.05) is 30.3 Å². The number of aliphatic imine (C=N–C) groups is 1. The van der Waals surface area contributed by atoms with Crippen molar-refractivity contribution in [3.05, 3.63) is 65.5 Å². The van der Waals surface area contributed by atoms with E-state index in [9.17, 15) is 4.39 Å². The van der Waals surface area contributed by atoms with Crippen molar-refractivity contribution in [1.29, 1.82) is 0 Å². The van der Waals surface area contributed by atoms with Crippen LogP contribution >= 0.6 is 24.0 Å². The van der Waals surface area contributed by atoms with Crippen molar-refractivity contribution in [2.45, 2.75) is 19.4 Å². The molecule has 0 aliphatic carbocycles. The third-order valence-electron chi connectivity index (χ3n) is 4.05. The molecule has 0 saturated heterocycles. The number of hydrogen-bond acceptors (Lipinski definition) is 3. The fourth-order valence-electron chi connectivity index (χ4n) is 2.53. The normalized spacial score (nSPS) is 10.9. The molecule has 5 nitrogen and oxygen atoms in total. The van der Waals surface area contributed by atoms with Crippen molar-refractivity contribution in [2.24, 2.45) is 4.99 Å². The molecule has 0 radical (unpaired) electrons. The van der Waals surface area contributed by atoms with E-state index in [0.29, 0.717) is 37.7 Å². The first-order valence-corrected chi connectivity index (χ1v) is 9.11. The summed E-state index contributed by atoms with van der Waals surface area (Å²) in [6.45, 7) is 2.61. The highest BCUT2D eigenvalue weighted by atomic mass is 127. The van der Waals surface area contributed by atoms with Gasteiger partial charge in [-0.05, 0) is 42.2 Å². The van der Waals surface area contributed by atoms with Gasteiger partial charge in [0.25, 0.3) is 0 Å². The lowest BCUT2D eigenvalue weighted by atomic mass is 10.1. The van der Waals surface area contributed by atoms with Crippen LogP contribution in [0.3, 0.4) is 0 Å². The summed E-state index contributed by atoms with van der Waals surface area (Å²) in [5, 5.41) is 6.42. The van der Waals surface area contributed by atoms with Crippen LogP contribution in [0.2, 0.25) is 0 Å². The summed E-state index contributed by atoms with van der Waals surface area (Å²) in [5.41, 5.74) is 1.82. The van der Waals surface area contributed by atoms with Crippen LogP contribution in [0.25, 0.3) is 0 Å². The highest BCUT2D eigenvalue weighted by Gasteiger charge is 2.02. The lowest BCUT2D eigenvalue weighted by Crippen LogP contribution is -2.39. The summed E-state index contributed by atoms with van der Waals surface area (Å²) in [6.07, 6.45) is 1.47. The fourth-order valence-corrected chi connectivity index (χ4v) is 2.53. The van der Waals surface area contributed by atoms with Gasteiger partial charge in [0.05, 0.1) is 13.7 Å². The smallest absolute Gasteiger partial charge is 0.190 e. The average Bonchev–Trinajstić information content (AvgIpc) is 2.71. The molecule has 0 heterocycles. The van der Waals surface area contributed by atoms with Crippen LogP contribution in [-0.2, 0) is 17.8 Å². The zero-order valence-corrected chi connectivity index (χ0v) is 18.7. The number of methoxy groups -OCH3 is 1. The molecule has 0 unspecified atom stereocenters. The van der Waals surface area contributed by atoms with Crippen molar-refractivity contribution < 1.29 is 13.9 Å². The van der Waals surface area contributed by atoms with Crippen LogP contribution in [-0.4, -0.2) is 39.8 Å². The highest BCUT2D eigenvalue weighted by molar-refractivity contribution is 14.0. The van der Waals surface area contributed by atoms with Crippen molar-refractivity contribution in [3.8, 4) is 5.75 Å². The third-order valence-corrected chi connectivity index (χ3v) is 4.05. The fraction of sp³-hybridized carbons (Fsp3) is 0.381. The van der Waals surface area contributed by atoms with E-state index in [1.54, 1.807) is 26.3 Å². The Bertz CT molecular complexity index is 711. The highest BCUT2D eigenvalue weighted by Crippen LogP contribution is 2.11. The summed E-state index contributed by atoms with van der Waals surface area (Å²) < 4.78 is 24.4. The van der Waals surface area contributed by atoms with Gasteiger partial charge in [0.15, 0.2) is 5.96 Å². The minimum atomic E-state index is -0.170.